The molecule has 0 bridgehead atoms. The second-order valence-corrected chi connectivity index (χ2v) is 6.67. The smallest absolute Gasteiger partial charge is 0.227 e. The quantitative estimate of drug-likeness (QED) is 0.890. The molecule has 2 atom stereocenters. The van der Waals surface area contributed by atoms with Gasteiger partial charge in [-0.05, 0) is 43.7 Å². The Balaban J connectivity index is 1.64. The van der Waals surface area contributed by atoms with E-state index in [1.165, 1.54) is 32.1 Å². The number of amides is 1. The zero-order valence-electron chi connectivity index (χ0n) is 12.9. The molecule has 1 aromatic carbocycles. The van der Waals surface area contributed by atoms with Gasteiger partial charge in [-0.3, -0.25) is 4.79 Å². The fraction of sp³-hybridized carbons (Fsp3) is 0.611. The molecule has 0 saturated heterocycles. The molecule has 0 unspecified atom stereocenters. The molecule has 0 spiro atoms. The highest BCUT2D eigenvalue weighted by molar-refractivity contribution is 5.86. The molecule has 21 heavy (non-hydrogen) atoms. The fourth-order valence-corrected chi connectivity index (χ4v) is 3.74. The summed E-state index contributed by atoms with van der Waals surface area (Å²) >= 11 is 0. The highest BCUT2D eigenvalue weighted by Gasteiger charge is 2.29. The molecule has 1 amide bonds. The van der Waals surface area contributed by atoms with Crippen molar-refractivity contribution < 1.29 is 4.79 Å². The van der Waals surface area contributed by atoms with Crippen molar-refractivity contribution >= 4 is 11.6 Å². The largest absolute Gasteiger partial charge is 0.382 e. The number of rotatable bonds is 3. The van der Waals surface area contributed by atoms with Gasteiger partial charge < -0.3 is 10.6 Å². The van der Waals surface area contributed by atoms with Crippen molar-refractivity contribution in [3.63, 3.8) is 0 Å². The molecule has 1 aromatic rings. The Morgan fingerprint density at radius 1 is 1.24 bits per heavy atom. The Labute approximate surface area is 127 Å². The molecule has 3 heteroatoms. The van der Waals surface area contributed by atoms with Gasteiger partial charge in [0, 0.05) is 18.3 Å². The van der Waals surface area contributed by atoms with Crippen LogP contribution < -0.4 is 10.6 Å². The average Bonchev–Trinajstić information content (AvgIpc) is 2.52. The first-order chi connectivity index (χ1) is 10.2. The summed E-state index contributed by atoms with van der Waals surface area (Å²) < 4.78 is 0. The van der Waals surface area contributed by atoms with Crippen molar-refractivity contribution in [1.29, 1.82) is 0 Å². The molecular formula is C18H26N2O. The van der Waals surface area contributed by atoms with Gasteiger partial charge in [-0.25, -0.2) is 0 Å². The lowest BCUT2D eigenvalue weighted by atomic mass is 9.86. The van der Waals surface area contributed by atoms with Crippen LogP contribution >= 0.6 is 0 Å². The molecular weight excluding hydrogens is 260 g/mol. The van der Waals surface area contributed by atoms with Crippen molar-refractivity contribution in [2.75, 3.05) is 11.9 Å². The molecule has 1 heterocycles. The number of carbonyl (C=O) groups excluding carboxylic acids is 1. The van der Waals surface area contributed by atoms with Gasteiger partial charge in [0.1, 0.15) is 0 Å². The van der Waals surface area contributed by atoms with Gasteiger partial charge in [0.25, 0.3) is 0 Å². The second kappa shape index (κ2) is 6.50. The Bertz CT molecular complexity index is 494. The van der Waals surface area contributed by atoms with Crippen LogP contribution in [0.1, 0.15) is 56.9 Å². The maximum absolute atomic E-state index is 12.6. The van der Waals surface area contributed by atoms with Gasteiger partial charge in [-0.2, -0.15) is 0 Å². The maximum Gasteiger partial charge on any atom is 0.227 e. The van der Waals surface area contributed by atoms with Gasteiger partial charge in [0.05, 0.1) is 5.92 Å². The zero-order valence-corrected chi connectivity index (χ0v) is 12.9. The highest BCUT2D eigenvalue weighted by atomic mass is 16.1. The molecule has 2 N–H and O–H groups in total. The number of carbonyl (C=O) groups is 1. The Kier molecular flexibility index (Phi) is 4.47. The SMILES string of the molecule is C[C@H]1C[C@@H](C(=O)NCC2CCCCC2)c2ccccc2N1. The lowest BCUT2D eigenvalue weighted by molar-refractivity contribution is -0.123. The molecule has 1 aliphatic carbocycles. The number of benzene rings is 1. The number of para-hydroxylation sites is 1. The average molecular weight is 286 g/mol. The number of fused-ring (bicyclic) bond motifs is 1. The van der Waals surface area contributed by atoms with Gasteiger partial charge in [-0.15, -0.1) is 0 Å². The van der Waals surface area contributed by atoms with Crippen LogP contribution in [-0.2, 0) is 4.79 Å². The van der Waals surface area contributed by atoms with E-state index >= 15 is 0 Å². The van der Waals surface area contributed by atoms with E-state index in [1.54, 1.807) is 0 Å². The number of hydrogen-bond acceptors (Lipinski definition) is 2. The van der Waals surface area contributed by atoms with Crippen molar-refractivity contribution in [1.82, 2.24) is 5.32 Å². The molecule has 0 radical (unpaired) electrons. The number of hydrogen-bond donors (Lipinski definition) is 2. The minimum atomic E-state index is 0.000963. The van der Waals surface area contributed by atoms with Crippen LogP contribution in [0.4, 0.5) is 5.69 Å². The number of nitrogens with one attached hydrogen (secondary N) is 2. The third-order valence-electron chi connectivity index (χ3n) is 4.93. The highest BCUT2D eigenvalue weighted by Crippen LogP contribution is 2.34. The van der Waals surface area contributed by atoms with Crippen molar-refractivity contribution in [3.05, 3.63) is 29.8 Å². The van der Waals surface area contributed by atoms with Crippen molar-refractivity contribution in [2.24, 2.45) is 5.92 Å². The van der Waals surface area contributed by atoms with Crippen LogP contribution in [0.3, 0.4) is 0 Å². The zero-order chi connectivity index (χ0) is 14.7. The van der Waals surface area contributed by atoms with Crippen LogP contribution in [0.2, 0.25) is 0 Å². The predicted octanol–water partition coefficient (Wildman–Crippen LogP) is 3.67. The summed E-state index contributed by atoms with van der Waals surface area (Å²) in [6.45, 7) is 3.01. The predicted molar refractivity (Wildman–Crippen MR) is 86.5 cm³/mol. The van der Waals surface area contributed by atoms with E-state index in [-0.39, 0.29) is 11.8 Å². The fourth-order valence-electron chi connectivity index (χ4n) is 3.74. The van der Waals surface area contributed by atoms with Crippen LogP contribution in [0.15, 0.2) is 24.3 Å². The number of anilines is 1. The summed E-state index contributed by atoms with van der Waals surface area (Å²) in [5.74, 6) is 0.902. The molecule has 3 rings (SSSR count). The molecule has 1 aliphatic heterocycles. The summed E-state index contributed by atoms with van der Waals surface area (Å²) in [6, 6.07) is 8.56. The molecule has 3 nitrogen and oxygen atoms in total. The summed E-state index contributed by atoms with van der Waals surface area (Å²) in [4.78, 5) is 12.6. The van der Waals surface area contributed by atoms with Gasteiger partial charge >= 0.3 is 0 Å². The van der Waals surface area contributed by atoms with Crippen LogP contribution in [0.25, 0.3) is 0 Å². The van der Waals surface area contributed by atoms with Gasteiger partial charge in [0.15, 0.2) is 0 Å². The normalized spacial score (nSPS) is 25.8. The maximum atomic E-state index is 12.6. The summed E-state index contributed by atoms with van der Waals surface area (Å²) in [6.07, 6.45) is 7.46. The molecule has 1 saturated carbocycles. The van der Waals surface area contributed by atoms with Gasteiger partial charge in [0.2, 0.25) is 5.91 Å². The van der Waals surface area contributed by atoms with E-state index < -0.39 is 0 Å². The first-order valence-corrected chi connectivity index (χ1v) is 8.37. The molecule has 2 aliphatic rings. The van der Waals surface area contributed by atoms with Crippen LogP contribution in [0.5, 0.6) is 0 Å². The molecule has 114 valence electrons. The third-order valence-corrected chi connectivity index (χ3v) is 4.93. The minimum absolute atomic E-state index is 0.000963. The topological polar surface area (TPSA) is 41.1 Å². The molecule has 1 fully saturated rings. The summed E-state index contributed by atoms with van der Waals surface area (Å²) in [5, 5.41) is 6.69. The van der Waals surface area contributed by atoms with Gasteiger partial charge in [-0.1, -0.05) is 37.5 Å². The van der Waals surface area contributed by atoms with E-state index in [0.717, 1.165) is 24.2 Å². The Hall–Kier alpha value is -1.51. The second-order valence-electron chi connectivity index (χ2n) is 6.67. The van der Waals surface area contributed by atoms with Crippen LogP contribution in [0, 0.1) is 5.92 Å². The van der Waals surface area contributed by atoms with E-state index in [1.807, 2.05) is 12.1 Å². The Morgan fingerprint density at radius 2 is 2.00 bits per heavy atom. The minimum Gasteiger partial charge on any atom is -0.382 e. The standard InChI is InChI=1S/C18H26N2O/c1-13-11-16(15-9-5-6-10-17(15)20-13)18(21)19-12-14-7-3-2-4-8-14/h5-6,9-10,13-14,16,20H,2-4,7-8,11-12H2,1H3,(H,19,21)/t13-,16+/m0/s1. The van der Waals surface area contributed by atoms with E-state index in [9.17, 15) is 4.79 Å². The van der Waals surface area contributed by atoms with E-state index in [4.69, 9.17) is 0 Å². The summed E-state index contributed by atoms with van der Waals surface area (Å²) in [7, 11) is 0. The lowest BCUT2D eigenvalue weighted by Crippen LogP contribution is -2.38. The first kappa shape index (κ1) is 14.4. The Morgan fingerprint density at radius 3 is 2.81 bits per heavy atom. The molecule has 0 aromatic heterocycles. The van der Waals surface area contributed by atoms with Crippen LogP contribution in [-0.4, -0.2) is 18.5 Å². The first-order valence-electron chi connectivity index (χ1n) is 8.37. The van der Waals surface area contributed by atoms with Crippen molar-refractivity contribution in [2.45, 2.75) is 57.4 Å². The third kappa shape index (κ3) is 3.39. The monoisotopic (exact) mass is 286 g/mol. The van der Waals surface area contributed by atoms with E-state index in [0.29, 0.717) is 12.0 Å². The summed E-state index contributed by atoms with van der Waals surface area (Å²) in [5.41, 5.74) is 2.27. The van der Waals surface area contributed by atoms with E-state index in [2.05, 4.69) is 29.7 Å². The lowest BCUT2D eigenvalue weighted by Gasteiger charge is -2.31. The van der Waals surface area contributed by atoms with Crippen molar-refractivity contribution in [3.8, 4) is 0 Å².